The van der Waals surface area contributed by atoms with Gasteiger partial charge < -0.3 is 15.0 Å². The lowest BCUT2D eigenvalue weighted by molar-refractivity contribution is 0.115. The molecule has 3 heteroatoms. The van der Waals surface area contributed by atoms with E-state index >= 15 is 0 Å². The maximum atomic E-state index is 5.15. The number of hydrogen-bond donors (Lipinski definition) is 1. The molecule has 0 bridgehead atoms. The van der Waals surface area contributed by atoms with Gasteiger partial charge in [-0.05, 0) is 37.8 Å². The average Bonchev–Trinajstić information content (AvgIpc) is 2.34. The van der Waals surface area contributed by atoms with Crippen molar-refractivity contribution in [3.8, 4) is 0 Å². The van der Waals surface area contributed by atoms with E-state index in [0.717, 1.165) is 38.7 Å². The van der Waals surface area contributed by atoms with Gasteiger partial charge in [-0.1, -0.05) is 27.7 Å². The van der Waals surface area contributed by atoms with Crippen LogP contribution in [0.1, 0.15) is 40.5 Å². The first-order valence-electron chi connectivity index (χ1n) is 7.38. The third kappa shape index (κ3) is 7.34. The third-order valence-corrected chi connectivity index (χ3v) is 3.84. The van der Waals surface area contributed by atoms with Crippen molar-refractivity contribution in [1.29, 1.82) is 0 Å². The molecule has 0 aromatic rings. The van der Waals surface area contributed by atoms with Crippen LogP contribution in [-0.4, -0.2) is 51.8 Å². The summed E-state index contributed by atoms with van der Waals surface area (Å²) in [5.41, 5.74) is 0.400. The molecule has 0 fully saturated rings. The largest absolute Gasteiger partial charge is 0.383 e. The van der Waals surface area contributed by atoms with E-state index in [1.807, 2.05) is 0 Å². The Labute approximate surface area is 114 Å². The van der Waals surface area contributed by atoms with E-state index in [1.54, 1.807) is 7.11 Å². The van der Waals surface area contributed by atoms with Gasteiger partial charge in [0.25, 0.3) is 0 Å². The van der Waals surface area contributed by atoms with E-state index in [9.17, 15) is 0 Å². The van der Waals surface area contributed by atoms with Crippen molar-refractivity contribution in [2.45, 2.75) is 40.5 Å². The van der Waals surface area contributed by atoms with E-state index in [-0.39, 0.29) is 0 Å². The summed E-state index contributed by atoms with van der Waals surface area (Å²) in [6.45, 7) is 14.4. The SMILES string of the molecule is CCC(CC)(CNCC(C)C)CN(C)CCOC. The van der Waals surface area contributed by atoms with Crippen LogP contribution < -0.4 is 5.32 Å². The standard InChI is InChI=1S/C15H34N2O/c1-7-15(8-2,12-16-11-14(3)4)13-17(5)9-10-18-6/h14,16H,7-13H2,1-6H3. The highest BCUT2D eigenvalue weighted by atomic mass is 16.5. The Morgan fingerprint density at radius 1 is 1.22 bits per heavy atom. The molecule has 0 aromatic heterocycles. The second-order valence-electron chi connectivity index (χ2n) is 5.96. The van der Waals surface area contributed by atoms with Gasteiger partial charge in [0, 0.05) is 26.7 Å². The second-order valence-corrected chi connectivity index (χ2v) is 5.96. The molecule has 0 aliphatic rings. The Bertz CT molecular complexity index is 191. The number of likely N-dealkylation sites (N-methyl/N-ethyl adjacent to an activating group) is 1. The Morgan fingerprint density at radius 3 is 2.28 bits per heavy atom. The highest BCUT2D eigenvalue weighted by molar-refractivity contribution is 4.82. The van der Waals surface area contributed by atoms with Crippen LogP contribution in [0.5, 0.6) is 0 Å². The van der Waals surface area contributed by atoms with Gasteiger partial charge in [0.1, 0.15) is 0 Å². The van der Waals surface area contributed by atoms with Crippen LogP contribution >= 0.6 is 0 Å². The number of hydrogen-bond acceptors (Lipinski definition) is 3. The molecule has 18 heavy (non-hydrogen) atoms. The highest BCUT2D eigenvalue weighted by Gasteiger charge is 2.27. The number of rotatable bonds is 11. The third-order valence-electron chi connectivity index (χ3n) is 3.84. The molecular weight excluding hydrogens is 224 g/mol. The summed E-state index contributed by atoms with van der Waals surface area (Å²) >= 11 is 0. The summed E-state index contributed by atoms with van der Waals surface area (Å²) in [4.78, 5) is 2.40. The average molecular weight is 258 g/mol. The molecule has 0 saturated carbocycles. The first kappa shape index (κ1) is 17.9. The van der Waals surface area contributed by atoms with Crippen LogP contribution in [0, 0.1) is 11.3 Å². The minimum atomic E-state index is 0.400. The first-order valence-corrected chi connectivity index (χ1v) is 7.38. The molecule has 0 unspecified atom stereocenters. The van der Waals surface area contributed by atoms with E-state index in [4.69, 9.17) is 4.74 Å². The lowest BCUT2D eigenvalue weighted by Crippen LogP contribution is -2.43. The summed E-state index contributed by atoms with van der Waals surface area (Å²) in [6.07, 6.45) is 2.46. The molecule has 3 nitrogen and oxygen atoms in total. The van der Waals surface area contributed by atoms with Gasteiger partial charge >= 0.3 is 0 Å². The summed E-state index contributed by atoms with van der Waals surface area (Å²) in [6, 6.07) is 0. The van der Waals surface area contributed by atoms with Gasteiger partial charge in [-0.3, -0.25) is 0 Å². The molecular formula is C15H34N2O. The first-order chi connectivity index (χ1) is 8.49. The number of nitrogens with zero attached hydrogens (tertiary/aromatic N) is 1. The Balaban J connectivity index is 4.22. The van der Waals surface area contributed by atoms with Gasteiger partial charge in [-0.2, -0.15) is 0 Å². The van der Waals surface area contributed by atoms with Crippen molar-refractivity contribution in [3.63, 3.8) is 0 Å². The molecule has 0 spiro atoms. The van der Waals surface area contributed by atoms with Crippen LogP contribution in [-0.2, 0) is 4.74 Å². The Kier molecular flexibility index (Phi) is 9.70. The predicted octanol–water partition coefficient (Wildman–Crippen LogP) is 2.62. The summed E-state index contributed by atoms with van der Waals surface area (Å²) in [5, 5.41) is 3.63. The van der Waals surface area contributed by atoms with E-state index in [0.29, 0.717) is 5.41 Å². The monoisotopic (exact) mass is 258 g/mol. The van der Waals surface area contributed by atoms with Crippen molar-refractivity contribution in [1.82, 2.24) is 10.2 Å². The zero-order chi connectivity index (χ0) is 14.0. The fraction of sp³-hybridized carbons (Fsp3) is 1.00. The smallest absolute Gasteiger partial charge is 0.0589 e. The molecule has 1 N–H and O–H groups in total. The molecule has 0 aliphatic carbocycles. The Morgan fingerprint density at radius 2 is 1.83 bits per heavy atom. The van der Waals surface area contributed by atoms with Crippen LogP contribution in [0.15, 0.2) is 0 Å². The maximum absolute atomic E-state index is 5.15. The normalized spacial score (nSPS) is 12.7. The van der Waals surface area contributed by atoms with Crippen LogP contribution in [0.4, 0.5) is 0 Å². The summed E-state index contributed by atoms with van der Waals surface area (Å²) in [7, 11) is 3.96. The minimum absolute atomic E-state index is 0.400. The number of nitrogens with one attached hydrogen (secondary N) is 1. The van der Waals surface area contributed by atoms with Crippen LogP contribution in [0.2, 0.25) is 0 Å². The molecule has 0 amide bonds. The predicted molar refractivity (Wildman–Crippen MR) is 80.1 cm³/mol. The molecule has 0 aromatic carbocycles. The second kappa shape index (κ2) is 9.76. The van der Waals surface area contributed by atoms with Crippen molar-refractivity contribution in [2.24, 2.45) is 11.3 Å². The number of methoxy groups -OCH3 is 1. The molecule has 0 rings (SSSR count). The fourth-order valence-corrected chi connectivity index (χ4v) is 2.30. The lowest BCUT2D eigenvalue weighted by Gasteiger charge is -2.36. The molecule has 0 aliphatic heterocycles. The van der Waals surface area contributed by atoms with Crippen molar-refractivity contribution in [2.75, 3.05) is 46.9 Å². The van der Waals surface area contributed by atoms with E-state index in [1.165, 1.54) is 12.8 Å². The van der Waals surface area contributed by atoms with Crippen LogP contribution in [0.3, 0.4) is 0 Å². The summed E-state index contributed by atoms with van der Waals surface area (Å²) < 4.78 is 5.15. The molecule has 0 atom stereocenters. The number of ether oxygens (including phenoxy) is 1. The van der Waals surface area contributed by atoms with Crippen LogP contribution in [0.25, 0.3) is 0 Å². The van der Waals surface area contributed by atoms with Crippen molar-refractivity contribution in [3.05, 3.63) is 0 Å². The maximum Gasteiger partial charge on any atom is 0.0589 e. The minimum Gasteiger partial charge on any atom is -0.383 e. The van der Waals surface area contributed by atoms with E-state index < -0.39 is 0 Å². The zero-order valence-corrected chi connectivity index (χ0v) is 13.4. The van der Waals surface area contributed by atoms with Crippen molar-refractivity contribution < 1.29 is 4.74 Å². The molecule has 0 radical (unpaired) electrons. The quantitative estimate of drug-likeness (QED) is 0.616. The van der Waals surface area contributed by atoms with E-state index in [2.05, 4.69) is 45.0 Å². The van der Waals surface area contributed by atoms with Gasteiger partial charge in [0.15, 0.2) is 0 Å². The van der Waals surface area contributed by atoms with Gasteiger partial charge in [-0.15, -0.1) is 0 Å². The molecule has 0 saturated heterocycles. The zero-order valence-electron chi connectivity index (χ0n) is 13.4. The topological polar surface area (TPSA) is 24.5 Å². The van der Waals surface area contributed by atoms with Gasteiger partial charge in [0.2, 0.25) is 0 Å². The lowest BCUT2D eigenvalue weighted by atomic mass is 9.81. The molecule has 110 valence electrons. The van der Waals surface area contributed by atoms with Crippen molar-refractivity contribution >= 4 is 0 Å². The fourth-order valence-electron chi connectivity index (χ4n) is 2.30. The van der Waals surface area contributed by atoms with Gasteiger partial charge in [-0.25, -0.2) is 0 Å². The van der Waals surface area contributed by atoms with Gasteiger partial charge in [0.05, 0.1) is 6.61 Å². The highest BCUT2D eigenvalue weighted by Crippen LogP contribution is 2.26. The Hall–Kier alpha value is -0.120. The molecule has 0 heterocycles. The summed E-state index contributed by atoms with van der Waals surface area (Å²) in [5.74, 6) is 0.725.